The fraction of sp³-hybridized carbons (Fsp3) is 0.267. The van der Waals surface area contributed by atoms with Gasteiger partial charge in [0.2, 0.25) is 0 Å². The van der Waals surface area contributed by atoms with Crippen molar-refractivity contribution in [2.75, 3.05) is 5.32 Å². The summed E-state index contributed by atoms with van der Waals surface area (Å²) in [4.78, 5) is 23.5. The predicted octanol–water partition coefficient (Wildman–Crippen LogP) is 2.95. The number of aromatic nitrogens is 2. The molecule has 1 aromatic heterocycles. The average Bonchev–Trinajstić information content (AvgIpc) is 2.69. The Kier molecular flexibility index (Phi) is 4.23. The van der Waals surface area contributed by atoms with Gasteiger partial charge in [-0.2, -0.15) is 5.10 Å². The molecule has 0 fully saturated rings. The number of halogens is 1. The Morgan fingerprint density at radius 2 is 1.86 bits per heavy atom. The largest absolute Gasteiger partial charge is 0.478 e. The molecule has 116 valence electrons. The Labute approximate surface area is 132 Å². The van der Waals surface area contributed by atoms with Crippen molar-refractivity contribution in [3.63, 3.8) is 0 Å². The highest BCUT2D eigenvalue weighted by atomic mass is 35.5. The van der Waals surface area contributed by atoms with Crippen LogP contribution < -0.4 is 5.32 Å². The maximum Gasteiger partial charge on any atom is 0.336 e. The van der Waals surface area contributed by atoms with Crippen LogP contribution in [-0.2, 0) is 7.05 Å². The molecule has 0 saturated heterocycles. The molecular weight excluding hydrogens is 306 g/mol. The van der Waals surface area contributed by atoms with Crippen molar-refractivity contribution >= 4 is 29.2 Å². The molecular formula is C15H16ClN3O3. The normalized spacial score (nSPS) is 10.6. The van der Waals surface area contributed by atoms with E-state index in [1.54, 1.807) is 33.9 Å². The lowest BCUT2D eigenvalue weighted by Crippen LogP contribution is -2.15. The minimum absolute atomic E-state index is 0.110. The van der Waals surface area contributed by atoms with E-state index >= 15 is 0 Å². The number of carbonyl (C=O) groups is 2. The zero-order valence-electron chi connectivity index (χ0n) is 12.7. The highest BCUT2D eigenvalue weighted by Crippen LogP contribution is 2.24. The predicted molar refractivity (Wildman–Crippen MR) is 83.8 cm³/mol. The first-order chi connectivity index (χ1) is 10.2. The van der Waals surface area contributed by atoms with Crippen molar-refractivity contribution in [1.82, 2.24) is 9.78 Å². The molecule has 0 aliphatic heterocycles. The van der Waals surface area contributed by atoms with Gasteiger partial charge in [-0.05, 0) is 38.0 Å². The lowest BCUT2D eigenvalue weighted by atomic mass is 10.0. The maximum atomic E-state index is 12.3. The SMILES string of the molecule is Cc1cc(C)c(C(=O)O)cc1NC(=O)c1nn(C)c(C)c1Cl. The number of carbonyl (C=O) groups excluding carboxylic acids is 1. The summed E-state index contributed by atoms with van der Waals surface area (Å²) in [6.45, 7) is 5.26. The van der Waals surface area contributed by atoms with Gasteiger partial charge in [0.15, 0.2) is 5.69 Å². The molecule has 0 unspecified atom stereocenters. The number of carboxylic acid groups (broad SMARTS) is 1. The molecule has 7 heteroatoms. The van der Waals surface area contributed by atoms with E-state index in [2.05, 4.69) is 10.4 Å². The van der Waals surface area contributed by atoms with E-state index < -0.39 is 11.9 Å². The second-order valence-corrected chi connectivity index (χ2v) is 5.49. The Morgan fingerprint density at radius 1 is 1.23 bits per heavy atom. The van der Waals surface area contributed by atoms with Crippen LogP contribution in [0.5, 0.6) is 0 Å². The van der Waals surface area contributed by atoms with Crippen LogP contribution in [0.2, 0.25) is 5.02 Å². The monoisotopic (exact) mass is 321 g/mol. The van der Waals surface area contributed by atoms with Crippen molar-refractivity contribution in [2.24, 2.45) is 7.05 Å². The number of nitrogens with zero attached hydrogens (tertiary/aromatic N) is 2. The third-order valence-electron chi connectivity index (χ3n) is 3.53. The van der Waals surface area contributed by atoms with Gasteiger partial charge in [-0.25, -0.2) is 4.79 Å². The molecule has 0 bridgehead atoms. The number of rotatable bonds is 3. The summed E-state index contributed by atoms with van der Waals surface area (Å²) in [5.74, 6) is -1.52. The van der Waals surface area contributed by atoms with Gasteiger partial charge in [0.1, 0.15) is 0 Å². The summed E-state index contributed by atoms with van der Waals surface area (Å²) >= 11 is 6.08. The van der Waals surface area contributed by atoms with Crippen LogP contribution >= 0.6 is 11.6 Å². The van der Waals surface area contributed by atoms with Gasteiger partial charge in [0.25, 0.3) is 5.91 Å². The average molecular weight is 322 g/mol. The van der Waals surface area contributed by atoms with Crippen LogP contribution in [0.1, 0.15) is 37.7 Å². The number of aromatic carboxylic acids is 1. The molecule has 6 nitrogen and oxygen atoms in total. The van der Waals surface area contributed by atoms with Crippen LogP contribution in [0.25, 0.3) is 0 Å². The number of carboxylic acids is 1. The standard InChI is InChI=1S/C15H16ClN3O3/c1-7-5-8(2)11(6-10(7)15(21)22)17-14(20)13-12(16)9(3)19(4)18-13/h5-6H,1-4H3,(H,17,20)(H,21,22). The molecule has 0 aliphatic rings. The van der Waals surface area contributed by atoms with Gasteiger partial charge in [-0.3, -0.25) is 9.48 Å². The van der Waals surface area contributed by atoms with Crippen molar-refractivity contribution in [3.8, 4) is 0 Å². The number of hydrogen-bond donors (Lipinski definition) is 2. The molecule has 0 radical (unpaired) electrons. The molecule has 1 amide bonds. The summed E-state index contributed by atoms with van der Waals surface area (Å²) in [5.41, 5.74) is 2.75. The summed E-state index contributed by atoms with van der Waals surface area (Å²) in [7, 11) is 1.69. The number of benzene rings is 1. The third kappa shape index (κ3) is 2.82. The summed E-state index contributed by atoms with van der Waals surface area (Å²) < 4.78 is 1.52. The molecule has 0 saturated carbocycles. The van der Waals surface area contributed by atoms with Crippen LogP contribution in [0.3, 0.4) is 0 Å². The quantitative estimate of drug-likeness (QED) is 0.910. The van der Waals surface area contributed by atoms with Gasteiger partial charge in [-0.1, -0.05) is 17.7 Å². The molecule has 2 N–H and O–H groups in total. The third-order valence-corrected chi connectivity index (χ3v) is 3.98. The van der Waals surface area contributed by atoms with Crippen molar-refractivity contribution < 1.29 is 14.7 Å². The smallest absolute Gasteiger partial charge is 0.336 e. The lowest BCUT2D eigenvalue weighted by molar-refractivity contribution is 0.0695. The van der Waals surface area contributed by atoms with Crippen LogP contribution in [0.15, 0.2) is 12.1 Å². The van der Waals surface area contributed by atoms with Crippen molar-refractivity contribution in [2.45, 2.75) is 20.8 Å². The molecule has 0 spiro atoms. The lowest BCUT2D eigenvalue weighted by Gasteiger charge is -2.10. The van der Waals surface area contributed by atoms with E-state index in [9.17, 15) is 9.59 Å². The summed E-state index contributed by atoms with van der Waals surface area (Å²) in [5, 5.41) is 16.2. The number of nitrogens with one attached hydrogen (secondary N) is 1. The molecule has 0 atom stereocenters. The topological polar surface area (TPSA) is 84.2 Å². The Morgan fingerprint density at radius 3 is 2.36 bits per heavy atom. The number of hydrogen-bond acceptors (Lipinski definition) is 3. The van der Waals surface area contributed by atoms with Crippen molar-refractivity contribution in [1.29, 1.82) is 0 Å². The van der Waals surface area contributed by atoms with E-state index in [0.717, 1.165) is 5.56 Å². The minimum atomic E-state index is -1.04. The second-order valence-electron chi connectivity index (χ2n) is 5.11. The molecule has 1 heterocycles. The fourth-order valence-electron chi connectivity index (χ4n) is 2.13. The van der Waals surface area contributed by atoms with Crippen LogP contribution in [0, 0.1) is 20.8 Å². The van der Waals surface area contributed by atoms with Gasteiger partial charge in [0.05, 0.1) is 16.3 Å². The van der Waals surface area contributed by atoms with Gasteiger partial charge >= 0.3 is 5.97 Å². The Hall–Kier alpha value is -2.34. The highest BCUT2D eigenvalue weighted by Gasteiger charge is 2.19. The second kappa shape index (κ2) is 5.81. The molecule has 2 rings (SSSR count). The fourth-order valence-corrected chi connectivity index (χ4v) is 2.37. The van der Waals surface area contributed by atoms with E-state index in [1.165, 1.54) is 10.7 Å². The van der Waals surface area contributed by atoms with Crippen LogP contribution in [-0.4, -0.2) is 26.8 Å². The van der Waals surface area contributed by atoms with Crippen LogP contribution in [0.4, 0.5) is 5.69 Å². The van der Waals surface area contributed by atoms with E-state index in [-0.39, 0.29) is 16.3 Å². The molecule has 0 aliphatic carbocycles. The van der Waals surface area contributed by atoms with Gasteiger partial charge in [-0.15, -0.1) is 0 Å². The molecule has 1 aromatic carbocycles. The Balaban J connectivity index is 2.38. The maximum absolute atomic E-state index is 12.3. The van der Waals surface area contributed by atoms with Crippen molar-refractivity contribution in [3.05, 3.63) is 45.2 Å². The molecule has 22 heavy (non-hydrogen) atoms. The molecule has 2 aromatic rings. The number of amides is 1. The van der Waals surface area contributed by atoms with E-state index in [4.69, 9.17) is 16.7 Å². The first kappa shape index (κ1) is 16.0. The summed E-state index contributed by atoms with van der Waals surface area (Å²) in [6.07, 6.45) is 0. The highest BCUT2D eigenvalue weighted by molar-refractivity contribution is 6.34. The minimum Gasteiger partial charge on any atom is -0.478 e. The van der Waals surface area contributed by atoms with Gasteiger partial charge in [0, 0.05) is 12.7 Å². The van der Waals surface area contributed by atoms with E-state index in [0.29, 0.717) is 16.9 Å². The number of anilines is 1. The first-order valence-electron chi connectivity index (χ1n) is 6.57. The summed E-state index contributed by atoms with van der Waals surface area (Å²) in [6, 6.07) is 3.15. The zero-order valence-corrected chi connectivity index (χ0v) is 13.4. The zero-order chi connectivity index (χ0) is 16.6. The first-order valence-corrected chi connectivity index (χ1v) is 6.95. The van der Waals surface area contributed by atoms with E-state index in [1.807, 2.05) is 0 Å². The Bertz CT molecular complexity index is 781. The number of aryl methyl sites for hydroxylation is 3. The van der Waals surface area contributed by atoms with Gasteiger partial charge < -0.3 is 10.4 Å².